The van der Waals surface area contributed by atoms with Gasteiger partial charge in [0.15, 0.2) is 0 Å². The molecule has 2 aliphatic rings. The second-order valence-electron chi connectivity index (χ2n) is 6.08. The number of nitrogens with zero attached hydrogens (tertiary/aromatic N) is 1. The van der Waals surface area contributed by atoms with E-state index >= 15 is 0 Å². The summed E-state index contributed by atoms with van der Waals surface area (Å²) in [7, 11) is 0. The smallest absolute Gasteiger partial charge is 0.220 e. The highest BCUT2D eigenvalue weighted by Crippen LogP contribution is 2.34. The van der Waals surface area contributed by atoms with Gasteiger partial charge in [0.25, 0.3) is 0 Å². The second kappa shape index (κ2) is 4.97. The van der Waals surface area contributed by atoms with Crippen molar-refractivity contribution in [2.75, 3.05) is 6.54 Å². The van der Waals surface area contributed by atoms with Crippen molar-refractivity contribution in [3.8, 4) is 0 Å². The number of rotatable bonds is 2. The van der Waals surface area contributed by atoms with Gasteiger partial charge in [-0.1, -0.05) is 30.3 Å². The largest absolute Gasteiger partial charge is 0.349 e. The van der Waals surface area contributed by atoms with Gasteiger partial charge in [-0.25, -0.2) is 0 Å². The summed E-state index contributed by atoms with van der Waals surface area (Å²) in [6, 6.07) is 11.1. The van der Waals surface area contributed by atoms with Gasteiger partial charge in [0.05, 0.1) is 5.54 Å². The Morgan fingerprint density at radius 1 is 1.37 bits per heavy atom. The lowest BCUT2D eigenvalue weighted by atomic mass is 9.77. The monoisotopic (exact) mass is 258 g/mol. The summed E-state index contributed by atoms with van der Waals surface area (Å²) < 4.78 is 0. The Labute approximate surface area is 115 Å². The zero-order chi connectivity index (χ0) is 13.3. The number of amides is 1. The van der Waals surface area contributed by atoms with E-state index in [0.717, 1.165) is 25.9 Å². The van der Waals surface area contributed by atoms with Crippen molar-refractivity contribution in [3.63, 3.8) is 0 Å². The molecule has 2 aliphatic heterocycles. The van der Waals surface area contributed by atoms with E-state index in [-0.39, 0.29) is 11.4 Å². The molecule has 1 amide bonds. The van der Waals surface area contributed by atoms with Gasteiger partial charge in [0.2, 0.25) is 5.91 Å². The molecular weight excluding hydrogens is 236 g/mol. The number of nitrogens with one attached hydrogen (secondary N) is 1. The fourth-order valence-corrected chi connectivity index (χ4v) is 3.68. The third kappa shape index (κ3) is 2.52. The zero-order valence-corrected chi connectivity index (χ0v) is 11.6. The molecule has 19 heavy (non-hydrogen) atoms. The van der Waals surface area contributed by atoms with Crippen LogP contribution >= 0.6 is 0 Å². The van der Waals surface area contributed by atoms with Crippen LogP contribution in [0.3, 0.4) is 0 Å². The molecule has 102 valence electrons. The van der Waals surface area contributed by atoms with Crippen molar-refractivity contribution in [1.29, 1.82) is 0 Å². The fraction of sp³-hybridized carbons (Fsp3) is 0.562. The molecule has 0 spiro atoms. The number of piperidine rings is 2. The highest BCUT2D eigenvalue weighted by atomic mass is 16.1. The Bertz CT molecular complexity index is 459. The maximum absolute atomic E-state index is 11.7. The van der Waals surface area contributed by atoms with Crippen LogP contribution in [-0.2, 0) is 11.3 Å². The van der Waals surface area contributed by atoms with E-state index in [1.54, 1.807) is 0 Å². The topological polar surface area (TPSA) is 32.3 Å². The minimum absolute atomic E-state index is 0.0254. The molecule has 0 saturated carbocycles. The minimum atomic E-state index is -0.0254. The van der Waals surface area contributed by atoms with Crippen molar-refractivity contribution in [2.45, 2.75) is 50.7 Å². The van der Waals surface area contributed by atoms with Crippen molar-refractivity contribution in [1.82, 2.24) is 10.2 Å². The first-order valence-corrected chi connectivity index (χ1v) is 7.26. The summed E-state index contributed by atoms with van der Waals surface area (Å²) in [4.78, 5) is 14.2. The predicted molar refractivity (Wildman–Crippen MR) is 75.7 cm³/mol. The lowest BCUT2D eigenvalue weighted by Gasteiger charge is -2.51. The molecule has 0 aromatic heterocycles. The molecule has 0 radical (unpaired) electrons. The SMILES string of the molecule is C[C@]12CCCN(Cc3ccccc3)[C@H]1CCC(=O)N2. The molecule has 1 aromatic carbocycles. The molecule has 2 fully saturated rings. The van der Waals surface area contributed by atoms with E-state index in [1.165, 1.54) is 12.0 Å². The lowest BCUT2D eigenvalue weighted by Crippen LogP contribution is -2.65. The number of carbonyl (C=O) groups excluding carboxylic acids is 1. The van der Waals surface area contributed by atoms with E-state index in [0.29, 0.717) is 12.5 Å². The molecule has 1 aromatic rings. The van der Waals surface area contributed by atoms with Crippen LogP contribution in [0.2, 0.25) is 0 Å². The summed E-state index contributed by atoms with van der Waals surface area (Å²) >= 11 is 0. The Morgan fingerprint density at radius 2 is 2.16 bits per heavy atom. The standard InChI is InChI=1S/C16H22N2O/c1-16-10-5-11-18(12-13-6-3-2-4-7-13)14(16)8-9-15(19)17-16/h2-4,6-7,14H,5,8-12H2,1H3,(H,17,19)/t14-,16-/m0/s1. The first-order chi connectivity index (χ1) is 9.17. The van der Waals surface area contributed by atoms with E-state index < -0.39 is 0 Å². The van der Waals surface area contributed by atoms with Crippen LogP contribution in [0.15, 0.2) is 30.3 Å². The van der Waals surface area contributed by atoms with E-state index in [1.807, 2.05) is 0 Å². The Hall–Kier alpha value is -1.35. The lowest BCUT2D eigenvalue weighted by molar-refractivity contribution is -0.128. The van der Waals surface area contributed by atoms with Crippen LogP contribution in [0.25, 0.3) is 0 Å². The Kier molecular flexibility index (Phi) is 3.31. The van der Waals surface area contributed by atoms with Crippen LogP contribution in [0.5, 0.6) is 0 Å². The quantitative estimate of drug-likeness (QED) is 0.883. The van der Waals surface area contributed by atoms with Crippen molar-refractivity contribution in [2.24, 2.45) is 0 Å². The number of likely N-dealkylation sites (tertiary alicyclic amines) is 1. The van der Waals surface area contributed by atoms with Gasteiger partial charge in [-0.2, -0.15) is 0 Å². The van der Waals surface area contributed by atoms with Crippen molar-refractivity contribution >= 4 is 5.91 Å². The summed E-state index contributed by atoms with van der Waals surface area (Å²) in [5.41, 5.74) is 1.34. The van der Waals surface area contributed by atoms with Gasteiger partial charge >= 0.3 is 0 Å². The molecule has 2 saturated heterocycles. The zero-order valence-electron chi connectivity index (χ0n) is 11.6. The van der Waals surface area contributed by atoms with E-state index in [9.17, 15) is 4.79 Å². The van der Waals surface area contributed by atoms with Gasteiger partial charge in [-0.3, -0.25) is 9.69 Å². The van der Waals surface area contributed by atoms with Crippen LogP contribution in [0, 0.1) is 0 Å². The van der Waals surface area contributed by atoms with Gasteiger partial charge in [0, 0.05) is 19.0 Å². The predicted octanol–water partition coefficient (Wildman–Crippen LogP) is 2.32. The van der Waals surface area contributed by atoms with Gasteiger partial charge in [0.1, 0.15) is 0 Å². The highest BCUT2D eigenvalue weighted by Gasteiger charge is 2.44. The fourth-order valence-electron chi connectivity index (χ4n) is 3.68. The number of hydrogen-bond acceptors (Lipinski definition) is 2. The molecule has 2 atom stereocenters. The highest BCUT2D eigenvalue weighted by molar-refractivity contribution is 5.78. The number of fused-ring (bicyclic) bond motifs is 1. The summed E-state index contributed by atoms with van der Waals surface area (Å²) in [6.07, 6.45) is 3.94. The molecular formula is C16H22N2O. The number of benzene rings is 1. The first-order valence-electron chi connectivity index (χ1n) is 7.26. The van der Waals surface area contributed by atoms with Crippen LogP contribution < -0.4 is 5.32 Å². The van der Waals surface area contributed by atoms with Gasteiger partial charge in [-0.15, -0.1) is 0 Å². The third-order valence-electron chi connectivity index (χ3n) is 4.62. The Morgan fingerprint density at radius 3 is 2.95 bits per heavy atom. The molecule has 1 N–H and O–H groups in total. The number of carbonyl (C=O) groups is 1. The summed E-state index contributed by atoms with van der Waals surface area (Å²) in [5, 5.41) is 3.23. The minimum Gasteiger partial charge on any atom is -0.349 e. The van der Waals surface area contributed by atoms with Crippen LogP contribution in [0.4, 0.5) is 0 Å². The van der Waals surface area contributed by atoms with Crippen molar-refractivity contribution < 1.29 is 4.79 Å². The number of hydrogen-bond donors (Lipinski definition) is 1. The molecule has 3 heteroatoms. The second-order valence-corrected chi connectivity index (χ2v) is 6.08. The maximum Gasteiger partial charge on any atom is 0.220 e. The Balaban J connectivity index is 1.77. The molecule has 3 rings (SSSR count). The molecule has 3 nitrogen and oxygen atoms in total. The third-order valence-corrected chi connectivity index (χ3v) is 4.62. The summed E-state index contributed by atoms with van der Waals surface area (Å²) in [6.45, 7) is 4.36. The average molecular weight is 258 g/mol. The summed E-state index contributed by atoms with van der Waals surface area (Å²) in [5.74, 6) is 0.223. The average Bonchev–Trinajstić information content (AvgIpc) is 2.39. The van der Waals surface area contributed by atoms with Gasteiger partial charge < -0.3 is 5.32 Å². The van der Waals surface area contributed by atoms with Crippen LogP contribution in [0.1, 0.15) is 38.2 Å². The van der Waals surface area contributed by atoms with Gasteiger partial charge in [-0.05, 0) is 38.3 Å². The first kappa shape index (κ1) is 12.7. The van der Waals surface area contributed by atoms with E-state index in [2.05, 4.69) is 47.5 Å². The maximum atomic E-state index is 11.7. The van der Waals surface area contributed by atoms with Crippen LogP contribution in [-0.4, -0.2) is 28.9 Å². The molecule has 0 unspecified atom stereocenters. The molecule has 0 bridgehead atoms. The normalized spacial score (nSPS) is 31.6. The molecule has 2 heterocycles. The van der Waals surface area contributed by atoms with E-state index in [4.69, 9.17) is 0 Å². The van der Waals surface area contributed by atoms with Crippen molar-refractivity contribution in [3.05, 3.63) is 35.9 Å². The molecule has 0 aliphatic carbocycles.